The lowest BCUT2D eigenvalue weighted by Crippen LogP contribution is -2.19. The van der Waals surface area contributed by atoms with Gasteiger partial charge in [-0.25, -0.2) is 23.4 Å². The van der Waals surface area contributed by atoms with Crippen molar-refractivity contribution in [1.29, 1.82) is 0 Å². The number of halogens is 4. The minimum absolute atomic E-state index is 0.0339. The quantitative estimate of drug-likeness (QED) is 0.491. The molecular weight excluding hydrogens is 491 g/mol. The molecule has 0 bridgehead atoms. The van der Waals surface area contributed by atoms with Gasteiger partial charge in [0, 0.05) is 13.1 Å². The van der Waals surface area contributed by atoms with Crippen LogP contribution in [0.2, 0.25) is 5.02 Å². The summed E-state index contributed by atoms with van der Waals surface area (Å²) in [6.07, 6.45) is -2.39. The lowest BCUT2D eigenvalue weighted by Gasteiger charge is -2.12. The summed E-state index contributed by atoms with van der Waals surface area (Å²) in [5, 5.41) is 2.69. The molecule has 8 nitrogen and oxygen atoms in total. The molecule has 1 aromatic carbocycles. The number of rotatable bonds is 6. The maximum Gasteiger partial charge on any atom is 0.417 e. The van der Waals surface area contributed by atoms with Gasteiger partial charge in [0.2, 0.25) is 0 Å². The molecule has 0 aliphatic carbocycles. The second-order valence-electron chi connectivity index (χ2n) is 6.05. The highest BCUT2D eigenvalue weighted by Crippen LogP contribution is 2.36. The first-order chi connectivity index (χ1) is 15.0. The number of nitrogens with zero attached hydrogens (tertiary/aromatic N) is 3. The van der Waals surface area contributed by atoms with Crippen LogP contribution in [0.25, 0.3) is 0 Å². The highest BCUT2D eigenvalue weighted by molar-refractivity contribution is 7.99. The van der Waals surface area contributed by atoms with Crippen LogP contribution in [0.15, 0.2) is 63.9 Å². The molecule has 0 spiro atoms. The summed E-state index contributed by atoms with van der Waals surface area (Å²) < 4.78 is 66.2. The van der Waals surface area contributed by atoms with Crippen LogP contribution in [-0.2, 0) is 16.2 Å². The van der Waals surface area contributed by atoms with Crippen molar-refractivity contribution in [3.63, 3.8) is 0 Å². The first-order valence-corrected chi connectivity index (χ1v) is 11.2. The fourth-order valence-corrected chi connectivity index (χ4v) is 4.38. The van der Waals surface area contributed by atoms with Crippen LogP contribution in [0.1, 0.15) is 16.1 Å². The third kappa shape index (κ3) is 5.66. The Kier molecular flexibility index (Phi) is 6.91. The van der Waals surface area contributed by atoms with Crippen molar-refractivity contribution in [2.45, 2.75) is 21.1 Å². The van der Waals surface area contributed by atoms with Crippen molar-refractivity contribution in [2.24, 2.45) is 0 Å². The van der Waals surface area contributed by atoms with Crippen molar-refractivity contribution < 1.29 is 26.4 Å². The third-order valence-electron chi connectivity index (χ3n) is 3.85. The Morgan fingerprint density at radius 3 is 2.44 bits per heavy atom. The maximum atomic E-state index is 13.0. The zero-order valence-corrected chi connectivity index (χ0v) is 18.4. The minimum atomic E-state index is -4.80. The van der Waals surface area contributed by atoms with E-state index >= 15 is 0 Å². The number of pyridine rings is 1. The SMILES string of the molecule is CNC(=O)c1cc(Sc2ccc(NS(=O)(=O)c3ccc(Cl)c(C(F)(F)F)c3)cn2)ncn1. The molecule has 0 atom stereocenters. The molecule has 0 saturated heterocycles. The van der Waals surface area contributed by atoms with Gasteiger partial charge in [-0.1, -0.05) is 11.6 Å². The molecule has 168 valence electrons. The average molecular weight is 504 g/mol. The lowest BCUT2D eigenvalue weighted by atomic mass is 10.2. The van der Waals surface area contributed by atoms with E-state index in [0.29, 0.717) is 16.1 Å². The van der Waals surface area contributed by atoms with E-state index < -0.39 is 31.7 Å². The number of aromatic nitrogens is 3. The van der Waals surface area contributed by atoms with Gasteiger partial charge < -0.3 is 5.32 Å². The van der Waals surface area contributed by atoms with Crippen molar-refractivity contribution in [3.8, 4) is 0 Å². The maximum absolute atomic E-state index is 13.0. The number of carbonyl (C=O) groups is 1. The van der Waals surface area contributed by atoms with E-state index in [1.807, 2.05) is 0 Å². The topological polar surface area (TPSA) is 114 Å². The van der Waals surface area contributed by atoms with Gasteiger partial charge in [-0.05, 0) is 42.1 Å². The van der Waals surface area contributed by atoms with E-state index in [-0.39, 0.29) is 17.3 Å². The van der Waals surface area contributed by atoms with Crippen LogP contribution in [0.4, 0.5) is 18.9 Å². The second kappa shape index (κ2) is 9.30. The van der Waals surface area contributed by atoms with Crippen LogP contribution >= 0.6 is 23.4 Å². The first kappa shape index (κ1) is 23.8. The second-order valence-corrected chi connectivity index (χ2v) is 9.18. The molecule has 0 unspecified atom stereocenters. The Hall–Kier alpha value is -2.90. The van der Waals surface area contributed by atoms with Crippen LogP contribution in [0.5, 0.6) is 0 Å². The fourth-order valence-electron chi connectivity index (χ4n) is 2.36. The molecule has 14 heteroatoms. The Balaban J connectivity index is 1.77. The van der Waals surface area contributed by atoms with Crippen molar-refractivity contribution in [2.75, 3.05) is 11.8 Å². The molecule has 3 aromatic rings. The highest BCUT2D eigenvalue weighted by atomic mass is 35.5. The molecule has 32 heavy (non-hydrogen) atoms. The number of hydrogen-bond donors (Lipinski definition) is 2. The zero-order chi connectivity index (χ0) is 23.5. The number of hydrogen-bond acceptors (Lipinski definition) is 7. The van der Waals surface area contributed by atoms with Crippen molar-refractivity contribution in [1.82, 2.24) is 20.3 Å². The van der Waals surface area contributed by atoms with Gasteiger partial charge in [0.1, 0.15) is 22.1 Å². The number of alkyl halides is 3. The smallest absolute Gasteiger partial charge is 0.354 e. The summed E-state index contributed by atoms with van der Waals surface area (Å²) in [5.41, 5.74) is -1.06. The minimum Gasteiger partial charge on any atom is -0.354 e. The molecule has 2 aromatic heterocycles. The lowest BCUT2D eigenvalue weighted by molar-refractivity contribution is -0.137. The summed E-state index contributed by atoms with van der Waals surface area (Å²) in [5.74, 6) is -0.386. The van der Waals surface area contributed by atoms with Gasteiger partial charge >= 0.3 is 6.18 Å². The number of carbonyl (C=O) groups excluding carboxylic acids is 1. The zero-order valence-electron chi connectivity index (χ0n) is 16.0. The molecule has 0 saturated carbocycles. The summed E-state index contributed by atoms with van der Waals surface area (Å²) in [4.78, 5) is 23.0. The average Bonchev–Trinajstić information content (AvgIpc) is 2.74. The van der Waals surface area contributed by atoms with E-state index in [9.17, 15) is 26.4 Å². The van der Waals surface area contributed by atoms with E-state index in [4.69, 9.17) is 11.6 Å². The predicted molar refractivity (Wildman–Crippen MR) is 111 cm³/mol. The van der Waals surface area contributed by atoms with Crippen LogP contribution in [-0.4, -0.2) is 36.3 Å². The predicted octanol–water partition coefficient (Wildman–Crippen LogP) is 3.86. The van der Waals surface area contributed by atoms with Gasteiger partial charge in [0.25, 0.3) is 15.9 Å². The number of amides is 1. The fraction of sp³-hybridized carbons (Fsp3) is 0.111. The highest BCUT2D eigenvalue weighted by Gasteiger charge is 2.34. The van der Waals surface area contributed by atoms with Crippen LogP contribution in [0.3, 0.4) is 0 Å². The van der Waals surface area contributed by atoms with Crippen LogP contribution < -0.4 is 10.0 Å². The Labute approximate surface area is 189 Å². The standard InChI is InChI=1S/C18H13ClF3N5O3S2/c1-23-17(28)14-7-16(26-9-25-14)31-15-5-2-10(8-24-15)27-32(29,30)11-3-4-13(19)12(6-11)18(20,21)22/h2-9,27H,1H3,(H,23,28). The van der Waals surface area contributed by atoms with E-state index in [0.717, 1.165) is 23.9 Å². The van der Waals surface area contributed by atoms with Gasteiger partial charge in [-0.2, -0.15) is 13.2 Å². The molecule has 0 aliphatic heterocycles. The molecule has 0 radical (unpaired) electrons. The van der Waals surface area contributed by atoms with E-state index in [1.165, 1.54) is 37.8 Å². The van der Waals surface area contributed by atoms with Crippen molar-refractivity contribution in [3.05, 3.63) is 65.2 Å². The van der Waals surface area contributed by atoms with Gasteiger partial charge in [-0.3, -0.25) is 9.52 Å². The molecule has 3 rings (SSSR count). The summed E-state index contributed by atoms with van der Waals surface area (Å²) >= 11 is 6.63. The summed E-state index contributed by atoms with van der Waals surface area (Å²) in [6, 6.07) is 6.62. The first-order valence-electron chi connectivity index (χ1n) is 8.57. The molecular formula is C18H13ClF3N5O3S2. The van der Waals surface area contributed by atoms with Gasteiger partial charge in [0.15, 0.2) is 0 Å². The third-order valence-corrected chi connectivity index (χ3v) is 6.44. The number of nitrogens with one attached hydrogen (secondary N) is 2. The van der Waals surface area contributed by atoms with Gasteiger partial charge in [0.05, 0.1) is 27.4 Å². The number of benzene rings is 1. The Morgan fingerprint density at radius 1 is 1.06 bits per heavy atom. The molecule has 0 aliphatic rings. The Bertz CT molecular complexity index is 1260. The molecule has 2 heterocycles. The Morgan fingerprint density at radius 2 is 1.81 bits per heavy atom. The largest absolute Gasteiger partial charge is 0.417 e. The van der Waals surface area contributed by atoms with Crippen LogP contribution in [0, 0.1) is 0 Å². The number of sulfonamides is 1. The van der Waals surface area contributed by atoms with Gasteiger partial charge in [-0.15, -0.1) is 0 Å². The molecule has 2 N–H and O–H groups in total. The number of anilines is 1. The monoisotopic (exact) mass is 503 g/mol. The van der Waals surface area contributed by atoms with Crippen molar-refractivity contribution >= 4 is 45.0 Å². The summed E-state index contributed by atoms with van der Waals surface area (Å²) in [7, 11) is -2.86. The van der Waals surface area contributed by atoms with E-state index in [2.05, 4.69) is 25.0 Å². The normalized spacial score (nSPS) is 11.8. The summed E-state index contributed by atoms with van der Waals surface area (Å²) in [6.45, 7) is 0. The molecule has 0 fully saturated rings. The molecule has 1 amide bonds. The van der Waals surface area contributed by atoms with E-state index in [1.54, 1.807) is 0 Å².